The fourth-order valence-corrected chi connectivity index (χ4v) is 2.87. The molecule has 0 bridgehead atoms. The highest BCUT2D eigenvalue weighted by molar-refractivity contribution is 7.13. The number of carbonyl (C=O) groups is 1. The molecule has 0 spiro atoms. The minimum atomic E-state index is -0.308. The number of benzene rings is 1. The van der Waals surface area contributed by atoms with Crippen molar-refractivity contribution in [2.45, 2.75) is 39.7 Å². The summed E-state index contributed by atoms with van der Waals surface area (Å²) >= 11 is 1.34. The number of rotatable bonds is 11. The van der Waals surface area contributed by atoms with Gasteiger partial charge in [0.15, 0.2) is 0 Å². The van der Waals surface area contributed by atoms with E-state index < -0.39 is 0 Å². The van der Waals surface area contributed by atoms with Crippen LogP contribution in [0.2, 0.25) is 0 Å². The predicted molar refractivity (Wildman–Crippen MR) is 105 cm³/mol. The predicted octanol–water partition coefficient (Wildman–Crippen LogP) is 4.15. The standard InChI is InChI=1S/C19H24FN3O3S/c1-3-5-8-25-12-15-9-16(20)7-6-14(15)11-21-23-19-22-17(13-27-19)10-18(24)26-4-2/h6-7,9,11,13H,3-5,8,10,12H2,1-2H3,(H,22,23). The highest BCUT2D eigenvalue weighted by Crippen LogP contribution is 2.16. The summed E-state index contributed by atoms with van der Waals surface area (Å²) in [5.74, 6) is -0.616. The van der Waals surface area contributed by atoms with Crippen molar-refractivity contribution in [3.8, 4) is 0 Å². The first kappa shape index (κ1) is 21.0. The molecule has 1 N–H and O–H groups in total. The molecule has 1 heterocycles. The molecule has 27 heavy (non-hydrogen) atoms. The van der Waals surface area contributed by atoms with E-state index in [1.54, 1.807) is 24.6 Å². The smallest absolute Gasteiger partial charge is 0.311 e. The zero-order valence-electron chi connectivity index (χ0n) is 15.5. The molecule has 0 aliphatic carbocycles. The Morgan fingerprint density at radius 1 is 1.41 bits per heavy atom. The Morgan fingerprint density at radius 3 is 3.04 bits per heavy atom. The van der Waals surface area contributed by atoms with Gasteiger partial charge in [-0.05, 0) is 31.0 Å². The van der Waals surface area contributed by atoms with Gasteiger partial charge in [-0.25, -0.2) is 9.37 Å². The van der Waals surface area contributed by atoms with Gasteiger partial charge < -0.3 is 9.47 Å². The summed E-state index contributed by atoms with van der Waals surface area (Å²) in [7, 11) is 0. The number of esters is 1. The first-order valence-corrected chi connectivity index (χ1v) is 9.75. The molecule has 0 saturated carbocycles. The van der Waals surface area contributed by atoms with Crippen LogP contribution in [-0.2, 0) is 27.3 Å². The average Bonchev–Trinajstić information content (AvgIpc) is 3.08. The van der Waals surface area contributed by atoms with Gasteiger partial charge in [-0.2, -0.15) is 5.10 Å². The molecule has 146 valence electrons. The fraction of sp³-hybridized carbons (Fsp3) is 0.421. The van der Waals surface area contributed by atoms with E-state index in [0.29, 0.717) is 30.6 Å². The minimum Gasteiger partial charge on any atom is -0.466 e. The lowest BCUT2D eigenvalue weighted by molar-refractivity contribution is -0.142. The largest absolute Gasteiger partial charge is 0.466 e. The molecule has 2 aromatic rings. The van der Waals surface area contributed by atoms with E-state index in [1.165, 1.54) is 23.5 Å². The highest BCUT2D eigenvalue weighted by atomic mass is 32.1. The summed E-state index contributed by atoms with van der Waals surface area (Å²) in [6, 6.07) is 4.50. The summed E-state index contributed by atoms with van der Waals surface area (Å²) in [5, 5.41) is 6.49. The van der Waals surface area contributed by atoms with Gasteiger partial charge >= 0.3 is 5.97 Å². The molecule has 1 aromatic carbocycles. The number of hydrogen-bond acceptors (Lipinski definition) is 7. The van der Waals surface area contributed by atoms with Crippen molar-refractivity contribution in [2.24, 2.45) is 5.10 Å². The highest BCUT2D eigenvalue weighted by Gasteiger charge is 2.08. The second-order valence-corrected chi connectivity index (χ2v) is 6.60. The van der Waals surface area contributed by atoms with Gasteiger partial charge in [-0.15, -0.1) is 11.3 Å². The number of unbranched alkanes of at least 4 members (excludes halogenated alkanes) is 1. The Labute approximate surface area is 162 Å². The Morgan fingerprint density at radius 2 is 2.26 bits per heavy atom. The van der Waals surface area contributed by atoms with E-state index in [9.17, 15) is 9.18 Å². The lowest BCUT2D eigenvalue weighted by Crippen LogP contribution is -2.07. The summed E-state index contributed by atoms with van der Waals surface area (Å²) in [6.45, 7) is 5.18. The van der Waals surface area contributed by atoms with Crippen LogP contribution in [0.5, 0.6) is 0 Å². The molecule has 0 fully saturated rings. The maximum atomic E-state index is 13.5. The molecule has 8 heteroatoms. The van der Waals surface area contributed by atoms with Crippen molar-refractivity contribution in [3.05, 3.63) is 46.2 Å². The Bertz CT molecular complexity index is 764. The quantitative estimate of drug-likeness (QED) is 0.269. The van der Waals surface area contributed by atoms with Crippen LogP contribution < -0.4 is 5.43 Å². The van der Waals surface area contributed by atoms with Crippen LogP contribution in [0.1, 0.15) is 43.5 Å². The molecular weight excluding hydrogens is 369 g/mol. The third-order valence-electron chi connectivity index (χ3n) is 3.55. The number of ether oxygens (including phenoxy) is 2. The summed E-state index contributed by atoms with van der Waals surface area (Å²) < 4.78 is 24.0. The van der Waals surface area contributed by atoms with Crippen LogP contribution in [0.4, 0.5) is 9.52 Å². The molecule has 1 aromatic heterocycles. The van der Waals surface area contributed by atoms with Gasteiger partial charge in [0, 0.05) is 17.6 Å². The van der Waals surface area contributed by atoms with Gasteiger partial charge in [-0.3, -0.25) is 10.2 Å². The van der Waals surface area contributed by atoms with Crippen molar-refractivity contribution in [3.63, 3.8) is 0 Å². The van der Waals surface area contributed by atoms with Crippen LogP contribution in [-0.4, -0.2) is 30.4 Å². The number of nitrogens with zero attached hydrogens (tertiary/aromatic N) is 2. The zero-order chi connectivity index (χ0) is 19.5. The topological polar surface area (TPSA) is 72.8 Å². The molecule has 2 rings (SSSR count). The Kier molecular flexibility index (Phi) is 8.86. The second kappa shape index (κ2) is 11.4. The maximum Gasteiger partial charge on any atom is 0.311 e. The number of hydrogen-bond donors (Lipinski definition) is 1. The number of nitrogens with one attached hydrogen (secondary N) is 1. The number of aromatic nitrogens is 1. The average molecular weight is 393 g/mol. The van der Waals surface area contributed by atoms with Crippen molar-refractivity contribution in [1.82, 2.24) is 4.98 Å². The van der Waals surface area contributed by atoms with Gasteiger partial charge in [0.05, 0.1) is 31.5 Å². The molecule has 0 aliphatic heterocycles. The van der Waals surface area contributed by atoms with E-state index >= 15 is 0 Å². The monoisotopic (exact) mass is 393 g/mol. The molecule has 0 unspecified atom stereocenters. The Balaban J connectivity index is 1.93. The number of anilines is 1. The van der Waals surface area contributed by atoms with E-state index in [2.05, 4.69) is 22.4 Å². The van der Waals surface area contributed by atoms with Gasteiger partial charge in [0.25, 0.3) is 0 Å². The summed E-state index contributed by atoms with van der Waals surface area (Å²) in [4.78, 5) is 15.7. The molecule has 0 amide bonds. The van der Waals surface area contributed by atoms with Crippen molar-refractivity contribution in [1.29, 1.82) is 0 Å². The van der Waals surface area contributed by atoms with E-state index in [-0.39, 0.29) is 18.2 Å². The van der Waals surface area contributed by atoms with Gasteiger partial charge in [-0.1, -0.05) is 19.4 Å². The maximum absolute atomic E-state index is 13.5. The molecule has 0 saturated heterocycles. The van der Waals surface area contributed by atoms with E-state index in [0.717, 1.165) is 24.0 Å². The lowest BCUT2D eigenvalue weighted by Gasteiger charge is -2.07. The minimum absolute atomic E-state index is 0.132. The van der Waals surface area contributed by atoms with Crippen LogP contribution >= 0.6 is 11.3 Å². The van der Waals surface area contributed by atoms with E-state index in [4.69, 9.17) is 9.47 Å². The third kappa shape index (κ3) is 7.44. The molecular formula is C19H24FN3O3S. The first-order chi connectivity index (χ1) is 13.1. The number of thiazole rings is 1. The van der Waals surface area contributed by atoms with Crippen LogP contribution in [0, 0.1) is 5.82 Å². The zero-order valence-corrected chi connectivity index (χ0v) is 16.4. The second-order valence-electron chi connectivity index (χ2n) is 5.75. The Hall–Kier alpha value is -2.32. The van der Waals surface area contributed by atoms with Crippen LogP contribution in [0.25, 0.3) is 0 Å². The van der Waals surface area contributed by atoms with Crippen molar-refractivity contribution < 1.29 is 18.7 Å². The number of hydrazone groups is 1. The summed E-state index contributed by atoms with van der Waals surface area (Å²) in [6.07, 6.45) is 3.75. The molecule has 0 aliphatic rings. The molecule has 6 nitrogen and oxygen atoms in total. The number of carbonyl (C=O) groups excluding carboxylic acids is 1. The first-order valence-electron chi connectivity index (χ1n) is 8.87. The number of halogens is 1. The van der Waals surface area contributed by atoms with Gasteiger partial charge in [0.2, 0.25) is 5.13 Å². The van der Waals surface area contributed by atoms with Crippen LogP contribution in [0.15, 0.2) is 28.7 Å². The van der Waals surface area contributed by atoms with Crippen molar-refractivity contribution in [2.75, 3.05) is 18.6 Å². The normalized spacial score (nSPS) is 11.1. The van der Waals surface area contributed by atoms with Crippen molar-refractivity contribution >= 4 is 28.7 Å². The molecule has 0 radical (unpaired) electrons. The van der Waals surface area contributed by atoms with E-state index in [1.807, 2.05) is 0 Å². The van der Waals surface area contributed by atoms with Crippen LogP contribution in [0.3, 0.4) is 0 Å². The SMILES string of the molecule is CCCCOCc1cc(F)ccc1C=NNc1nc(CC(=O)OCC)cs1. The third-order valence-corrected chi connectivity index (χ3v) is 4.35. The van der Waals surface area contributed by atoms with Gasteiger partial charge in [0.1, 0.15) is 5.82 Å². The summed E-state index contributed by atoms with van der Waals surface area (Å²) in [5.41, 5.74) is 4.96. The lowest BCUT2D eigenvalue weighted by atomic mass is 10.1. The molecule has 0 atom stereocenters. The fourth-order valence-electron chi connectivity index (χ4n) is 2.21.